The number of hydrogen-bond donors (Lipinski definition) is 1. The summed E-state index contributed by atoms with van der Waals surface area (Å²) in [5, 5.41) is 3.70. The molecule has 54 heavy (non-hydrogen) atoms. The van der Waals surface area contributed by atoms with E-state index >= 15 is 0 Å². The second-order valence-corrected chi connectivity index (χ2v) is 19.4. The first-order valence-corrected chi connectivity index (χ1v) is 23.6. The van der Waals surface area contributed by atoms with Crippen molar-refractivity contribution in [3.63, 3.8) is 0 Å². The number of likely N-dealkylation sites (tertiary alicyclic amines) is 5. The number of nitrogens with one attached hydrogen (secondary N) is 1. The highest BCUT2D eigenvalue weighted by molar-refractivity contribution is 14.1. The van der Waals surface area contributed by atoms with Crippen molar-refractivity contribution >= 4 is 47.2 Å². The predicted molar refractivity (Wildman–Crippen MR) is 229 cm³/mol. The molecule has 2 amide bonds. The van der Waals surface area contributed by atoms with E-state index in [1.165, 1.54) is 140 Å². The van der Waals surface area contributed by atoms with E-state index in [0.717, 1.165) is 62.2 Å². The molecule has 8 rings (SSSR count). The molecule has 0 aromatic rings. The third-order valence-electron chi connectivity index (χ3n) is 14.8. The van der Waals surface area contributed by atoms with Crippen molar-refractivity contribution in [1.82, 2.24) is 29.8 Å². The van der Waals surface area contributed by atoms with Crippen molar-refractivity contribution in [1.29, 1.82) is 0 Å². The monoisotopic (exact) mass is 890 g/mol. The van der Waals surface area contributed by atoms with Crippen LogP contribution in [0.1, 0.15) is 118 Å². The zero-order valence-electron chi connectivity index (χ0n) is 34.4. The summed E-state index contributed by atoms with van der Waals surface area (Å²) in [7, 11) is 0. The first kappa shape index (κ1) is 44.5. The first-order chi connectivity index (χ1) is 25.7. The fourth-order valence-corrected chi connectivity index (χ4v) is 11.9. The molecule has 8 aliphatic rings. The first-order valence-electron chi connectivity index (χ1n) is 22.1. The van der Waals surface area contributed by atoms with Gasteiger partial charge < -0.3 is 39.3 Å². The summed E-state index contributed by atoms with van der Waals surface area (Å²) in [6, 6.07) is 3.20. The minimum Gasteiger partial charge on any atom is -0.450 e. The van der Waals surface area contributed by atoms with E-state index in [-0.39, 0.29) is 24.6 Å². The average Bonchev–Trinajstić information content (AvgIpc) is 3.98. The third kappa shape index (κ3) is 10.7. The summed E-state index contributed by atoms with van der Waals surface area (Å²) in [6.07, 6.45) is 18.4. The Morgan fingerprint density at radius 1 is 0.667 bits per heavy atom. The van der Waals surface area contributed by atoms with Crippen LogP contribution in [0.2, 0.25) is 0 Å². The maximum Gasteiger partial charge on any atom is 0.409 e. The number of halogens is 2. The van der Waals surface area contributed by atoms with Crippen LogP contribution >= 0.6 is 35.0 Å². The molecule has 12 heteroatoms. The molecule has 0 radical (unpaired) electrons. The van der Waals surface area contributed by atoms with E-state index in [1.54, 1.807) is 0 Å². The second kappa shape index (κ2) is 20.9. The van der Waals surface area contributed by atoms with Crippen LogP contribution < -0.4 is 5.32 Å². The van der Waals surface area contributed by atoms with E-state index in [4.69, 9.17) is 9.47 Å². The van der Waals surface area contributed by atoms with Crippen molar-refractivity contribution < 1.29 is 19.1 Å². The van der Waals surface area contributed by atoms with Crippen LogP contribution in [0.4, 0.5) is 9.59 Å². The molecule has 6 aliphatic heterocycles. The minimum atomic E-state index is -0.109. The highest BCUT2D eigenvalue weighted by Crippen LogP contribution is 2.52. The number of piperidine rings is 2. The number of amides is 2. The zero-order chi connectivity index (χ0) is 37.4. The van der Waals surface area contributed by atoms with Crippen molar-refractivity contribution in [2.24, 2.45) is 22.7 Å². The standard InChI is InChI=1S/C21H37N3O2.C19H33N3O2.C2H5I.ClH/c1-3-22-10-5-6-19(22)17-7-11-23(12-8-17)18-14-21(15-18)9-13-24(16-21)20(25)26-4-2;1-2-24-18(23)22-11-7-19(14-22)12-16(13-19)21-9-5-15(6-10-21)17-4-3-8-20-17;1-2-3;/h17-19H,3-16H2,1-2H3;15-17,20H,2-14H2,1H3;2H2,1H3;1H/t18?,19-,21?;16?,17-,19?;;/m00../s1. The Balaban J connectivity index is 0.000000191. The van der Waals surface area contributed by atoms with E-state index in [0.29, 0.717) is 24.0 Å². The molecule has 2 aliphatic carbocycles. The summed E-state index contributed by atoms with van der Waals surface area (Å²) < 4.78 is 11.6. The molecule has 6 heterocycles. The molecule has 2 spiro atoms. The third-order valence-corrected chi connectivity index (χ3v) is 14.8. The van der Waals surface area contributed by atoms with Crippen molar-refractivity contribution in [2.75, 3.05) is 89.6 Å². The Morgan fingerprint density at radius 2 is 1.15 bits per heavy atom. The van der Waals surface area contributed by atoms with Gasteiger partial charge in [-0.1, -0.05) is 36.4 Å². The number of carbonyl (C=O) groups is 2. The minimum absolute atomic E-state index is 0. The molecule has 6 saturated heterocycles. The number of ether oxygens (including phenoxy) is 2. The van der Waals surface area contributed by atoms with Crippen molar-refractivity contribution in [3.05, 3.63) is 0 Å². The summed E-state index contributed by atoms with van der Waals surface area (Å²) >= 11 is 2.29. The molecule has 2 atom stereocenters. The van der Waals surface area contributed by atoms with Crippen LogP contribution in [0.5, 0.6) is 0 Å². The lowest BCUT2D eigenvalue weighted by Gasteiger charge is -2.52. The van der Waals surface area contributed by atoms with E-state index < -0.39 is 0 Å². The Morgan fingerprint density at radius 3 is 1.57 bits per heavy atom. The van der Waals surface area contributed by atoms with Gasteiger partial charge in [-0.25, -0.2) is 9.59 Å². The van der Waals surface area contributed by atoms with Crippen molar-refractivity contribution in [3.8, 4) is 0 Å². The van der Waals surface area contributed by atoms with Gasteiger partial charge in [0.2, 0.25) is 0 Å². The van der Waals surface area contributed by atoms with Gasteiger partial charge in [0, 0.05) is 50.3 Å². The smallest absolute Gasteiger partial charge is 0.409 e. The van der Waals surface area contributed by atoms with Gasteiger partial charge in [-0.3, -0.25) is 0 Å². The lowest BCUT2D eigenvalue weighted by atomic mass is 9.64. The SMILES string of the molecule is CCI.CCOC(=O)N1CCC2(CC(N3CCC([C@@H]4CCCN4)CC3)C2)C1.CCOC(=O)N1CCC2(CC(N3CCC([C@@H]4CCCN4CC)CC3)C2)C1.Cl. The summed E-state index contributed by atoms with van der Waals surface area (Å²) in [4.78, 5) is 36.0. The highest BCUT2D eigenvalue weighted by atomic mass is 127. The maximum atomic E-state index is 12.0. The molecular weight excluding hydrogens is 815 g/mol. The van der Waals surface area contributed by atoms with Crippen molar-refractivity contribution in [2.45, 2.75) is 142 Å². The molecule has 0 unspecified atom stereocenters. The largest absolute Gasteiger partial charge is 0.450 e. The molecule has 312 valence electrons. The van der Waals surface area contributed by atoms with Gasteiger partial charge in [0.1, 0.15) is 0 Å². The summed E-state index contributed by atoms with van der Waals surface area (Å²) in [6.45, 7) is 21.7. The van der Waals surface area contributed by atoms with E-state index in [9.17, 15) is 9.59 Å². The number of hydrogen-bond acceptors (Lipinski definition) is 8. The number of rotatable bonds is 7. The van der Waals surface area contributed by atoms with Crippen LogP contribution in [0.25, 0.3) is 0 Å². The second-order valence-electron chi connectivity index (χ2n) is 17.9. The van der Waals surface area contributed by atoms with E-state index in [1.807, 2.05) is 23.6 Å². The van der Waals surface area contributed by atoms with Gasteiger partial charge in [0.15, 0.2) is 0 Å². The Hall–Kier alpha value is -0.600. The lowest BCUT2D eigenvalue weighted by molar-refractivity contribution is -0.0156. The van der Waals surface area contributed by atoms with Gasteiger partial charge in [-0.15, -0.1) is 12.4 Å². The van der Waals surface area contributed by atoms with Gasteiger partial charge >= 0.3 is 12.2 Å². The molecule has 2 saturated carbocycles. The molecule has 0 bridgehead atoms. The molecule has 8 fully saturated rings. The average molecular weight is 891 g/mol. The predicted octanol–water partition coefficient (Wildman–Crippen LogP) is 7.52. The molecular formula is C42H76ClIN6O4. The van der Waals surface area contributed by atoms with Gasteiger partial charge in [-0.2, -0.15) is 0 Å². The van der Waals surface area contributed by atoms with Crippen LogP contribution in [-0.4, -0.2) is 150 Å². The van der Waals surface area contributed by atoms with Gasteiger partial charge in [-0.05, 0) is 177 Å². The van der Waals surface area contributed by atoms with Crippen LogP contribution in [0.15, 0.2) is 0 Å². The summed E-state index contributed by atoms with van der Waals surface area (Å²) in [5.41, 5.74) is 0.806. The van der Waals surface area contributed by atoms with Gasteiger partial charge in [0.05, 0.1) is 13.2 Å². The Bertz CT molecular complexity index is 1150. The maximum absolute atomic E-state index is 12.0. The van der Waals surface area contributed by atoms with Crippen LogP contribution in [0.3, 0.4) is 0 Å². The highest BCUT2D eigenvalue weighted by Gasteiger charge is 2.53. The zero-order valence-corrected chi connectivity index (χ0v) is 37.4. The topological polar surface area (TPSA) is 80.8 Å². The van der Waals surface area contributed by atoms with Gasteiger partial charge in [0.25, 0.3) is 0 Å². The molecule has 0 aromatic heterocycles. The Labute approximate surface area is 348 Å². The fourth-order valence-electron chi connectivity index (χ4n) is 11.9. The Kier molecular flexibility index (Phi) is 17.2. The number of carbonyl (C=O) groups excluding carboxylic acids is 2. The van der Waals surface area contributed by atoms with Crippen LogP contribution in [0, 0.1) is 22.7 Å². The summed E-state index contributed by atoms with van der Waals surface area (Å²) in [5.74, 6) is 1.83. The fraction of sp³-hybridized carbons (Fsp3) is 0.952. The van der Waals surface area contributed by atoms with E-state index in [2.05, 4.69) is 56.5 Å². The number of alkyl halides is 1. The number of nitrogens with zero attached hydrogens (tertiary/aromatic N) is 5. The normalized spacial score (nSPS) is 34.8. The quantitative estimate of drug-likeness (QED) is 0.208. The lowest BCUT2D eigenvalue weighted by Crippen LogP contribution is -2.55. The molecule has 10 nitrogen and oxygen atoms in total. The molecule has 1 N–H and O–H groups in total. The van der Waals surface area contributed by atoms with Crippen LogP contribution in [-0.2, 0) is 9.47 Å². The molecule has 0 aromatic carbocycles.